The normalized spacial score (nSPS) is 33.7. The second kappa shape index (κ2) is 10.8. The third kappa shape index (κ3) is 5.93. The van der Waals surface area contributed by atoms with E-state index in [0.29, 0.717) is 42.1 Å². The number of nitrogens with one attached hydrogen (secondary N) is 1. The number of carbonyl (C=O) groups excluding carboxylic acids is 2. The predicted octanol–water partition coefficient (Wildman–Crippen LogP) is 3.32. The number of anilines is 1. The number of nitrogens with zero attached hydrogens (tertiary/aromatic N) is 2. The summed E-state index contributed by atoms with van der Waals surface area (Å²) < 4.78 is 0. The fourth-order valence-corrected chi connectivity index (χ4v) is 8.68. The first kappa shape index (κ1) is 29.8. The Hall–Kier alpha value is -1.71. The molecule has 40 heavy (non-hydrogen) atoms. The molecule has 1 aromatic carbocycles. The van der Waals surface area contributed by atoms with Gasteiger partial charge in [-0.1, -0.05) is 37.6 Å². The van der Waals surface area contributed by atoms with E-state index in [9.17, 15) is 19.8 Å². The molecule has 1 saturated heterocycles. The van der Waals surface area contributed by atoms with Crippen molar-refractivity contribution in [3.63, 3.8) is 0 Å². The van der Waals surface area contributed by atoms with Crippen LogP contribution in [0.5, 0.6) is 0 Å². The largest absolute Gasteiger partial charge is 0.391 e. The first-order valence-corrected chi connectivity index (χ1v) is 15.3. The monoisotopic (exact) mass is 574 g/mol. The van der Waals surface area contributed by atoms with E-state index in [-0.39, 0.29) is 36.2 Å². The molecule has 1 aliphatic heterocycles. The van der Waals surface area contributed by atoms with E-state index in [0.717, 1.165) is 32.1 Å². The molecule has 0 spiro atoms. The van der Waals surface area contributed by atoms with Crippen molar-refractivity contribution in [2.75, 3.05) is 24.5 Å². The molecule has 0 aromatic heterocycles. The number of para-hydroxylation sites is 1. The van der Waals surface area contributed by atoms with Gasteiger partial charge in [-0.3, -0.25) is 14.5 Å². The van der Waals surface area contributed by atoms with Crippen molar-refractivity contribution in [2.24, 2.45) is 29.4 Å². The van der Waals surface area contributed by atoms with Crippen molar-refractivity contribution in [3.05, 3.63) is 29.3 Å². The minimum absolute atomic E-state index is 0.0241. The van der Waals surface area contributed by atoms with E-state index in [4.69, 9.17) is 17.3 Å². The Morgan fingerprint density at radius 2 is 1.82 bits per heavy atom. The third-order valence-corrected chi connectivity index (χ3v) is 10.5. The number of piperazine rings is 1. The molecule has 5 N–H and O–H groups in total. The zero-order valence-corrected chi connectivity index (χ0v) is 25.2. The summed E-state index contributed by atoms with van der Waals surface area (Å²) >= 11 is 6.38. The number of aliphatic hydroxyl groups excluding tert-OH is 1. The molecule has 2 amide bonds. The zero-order chi connectivity index (χ0) is 29.0. The molecule has 1 heterocycles. The highest BCUT2D eigenvalue weighted by Crippen LogP contribution is 2.57. The summed E-state index contributed by atoms with van der Waals surface area (Å²) in [6.07, 6.45) is 4.74. The van der Waals surface area contributed by atoms with Crippen molar-refractivity contribution >= 4 is 29.1 Å². The van der Waals surface area contributed by atoms with Crippen molar-refractivity contribution in [1.82, 2.24) is 10.2 Å². The van der Waals surface area contributed by atoms with Crippen LogP contribution in [0.3, 0.4) is 0 Å². The number of rotatable bonds is 9. The summed E-state index contributed by atoms with van der Waals surface area (Å²) in [4.78, 5) is 30.5. The molecular formula is C31H47ClN4O4. The van der Waals surface area contributed by atoms with Gasteiger partial charge in [0.1, 0.15) is 0 Å². The second-order valence-corrected chi connectivity index (χ2v) is 14.8. The van der Waals surface area contributed by atoms with Crippen LogP contribution in [0.25, 0.3) is 0 Å². The fourth-order valence-electron chi connectivity index (χ4n) is 8.45. The van der Waals surface area contributed by atoms with E-state index in [2.05, 4.69) is 19.2 Å². The van der Waals surface area contributed by atoms with E-state index in [1.54, 1.807) is 11.0 Å². The summed E-state index contributed by atoms with van der Waals surface area (Å²) in [5.41, 5.74) is 5.86. The topological polar surface area (TPSA) is 119 Å². The Morgan fingerprint density at radius 1 is 1.18 bits per heavy atom. The maximum absolute atomic E-state index is 13.7. The number of hydrogen-bond acceptors (Lipinski definition) is 6. The lowest BCUT2D eigenvalue weighted by atomic mass is 9.51. The number of nitrogens with two attached hydrogens (primary N) is 1. The Kier molecular flexibility index (Phi) is 8.07. The molecule has 222 valence electrons. The number of benzene rings is 1. The number of amides is 2. The molecule has 6 rings (SSSR count). The third-order valence-electron chi connectivity index (χ3n) is 10.2. The molecule has 5 aliphatic rings. The lowest BCUT2D eigenvalue weighted by molar-refractivity contribution is -0.154. The first-order valence-electron chi connectivity index (χ1n) is 15.0. The second-order valence-electron chi connectivity index (χ2n) is 14.4. The quantitative estimate of drug-likeness (QED) is 0.359. The molecule has 9 heteroatoms. The van der Waals surface area contributed by atoms with Crippen molar-refractivity contribution in [1.29, 1.82) is 0 Å². The summed E-state index contributed by atoms with van der Waals surface area (Å²) in [5, 5.41) is 26.2. The van der Waals surface area contributed by atoms with Gasteiger partial charge in [0.15, 0.2) is 0 Å². The van der Waals surface area contributed by atoms with Crippen LogP contribution in [0.1, 0.15) is 72.6 Å². The maximum atomic E-state index is 13.7. The Bertz CT molecular complexity index is 1110. The average Bonchev–Trinajstić information content (AvgIpc) is 2.82. The standard InChI is InChI=1S/C31H47ClN4O4/c1-19(2)22(28(39)34-30-11-20-9-21(12-30)14-31(40,13-20)17-30)10-26(37)24(33)15-35-16-27(38)36(18-29(35,3)4)25-8-6-5-7-23(25)32/h5-8,19-22,24,26,37,40H,9-18,33H2,1-4H3,(H,34,39)/t20-,21+,22-,24-,26-,30?,31?/m0/s1. The van der Waals surface area contributed by atoms with Gasteiger partial charge in [0.25, 0.3) is 0 Å². The molecule has 4 aliphatic carbocycles. The van der Waals surface area contributed by atoms with Crippen LogP contribution < -0.4 is 16.0 Å². The highest BCUT2D eigenvalue weighted by Gasteiger charge is 2.58. The Balaban J connectivity index is 1.21. The van der Waals surface area contributed by atoms with Crippen molar-refractivity contribution in [3.8, 4) is 0 Å². The van der Waals surface area contributed by atoms with Crippen LogP contribution in [0.2, 0.25) is 5.02 Å². The predicted molar refractivity (Wildman–Crippen MR) is 157 cm³/mol. The molecule has 2 unspecified atom stereocenters. The number of halogens is 1. The minimum Gasteiger partial charge on any atom is -0.391 e. The van der Waals surface area contributed by atoms with Crippen LogP contribution in [0.4, 0.5) is 5.69 Å². The summed E-state index contributed by atoms with van der Waals surface area (Å²) in [5.74, 6) is 0.480. The van der Waals surface area contributed by atoms with Crippen molar-refractivity contribution in [2.45, 2.75) is 101 Å². The zero-order valence-electron chi connectivity index (χ0n) is 24.4. The minimum atomic E-state index is -0.897. The van der Waals surface area contributed by atoms with Gasteiger partial charge < -0.3 is 26.2 Å². The van der Waals surface area contributed by atoms with Gasteiger partial charge in [-0.25, -0.2) is 0 Å². The van der Waals surface area contributed by atoms with Crippen LogP contribution in [0, 0.1) is 23.7 Å². The molecule has 0 radical (unpaired) electrons. The number of aliphatic hydroxyl groups is 2. The van der Waals surface area contributed by atoms with Gasteiger partial charge in [-0.05, 0) is 88.7 Å². The van der Waals surface area contributed by atoms with E-state index in [1.165, 1.54) is 0 Å². The number of hydrogen-bond donors (Lipinski definition) is 4. The van der Waals surface area contributed by atoms with Gasteiger partial charge in [-0.2, -0.15) is 0 Å². The lowest BCUT2D eigenvalue weighted by Gasteiger charge is -2.60. The van der Waals surface area contributed by atoms with E-state index < -0.39 is 29.2 Å². The van der Waals surface area contributed by atoms with Gasteiger partial charge >= 0.3 is 0 Å². The fraction of sp³-hybridized carbons (Fsp3) is 0.742. The van der Waals surface area contributed by atoms with Crippen LogP contribution >= 0.6 is 11.6 Å². The van der Waals surface area contributed by atoms with Crippen molar-refractivity contribution < 1.29 is 19.8 Å². The Labute approximate surface area is 243 Å². The average molecular weight is 575 g/mol. The van der Waals surface area contributed by atoms with Gasteiger partial charge in [-0.15, -0.1) is 0 Å². The molecule has 7 atom stereocenters. The van der Waals surface area contributed by atoms with Crippen LogP contribution in [-0.4, -0.2) is 75.4 Å². The van der Waals surface area contributed by atoms with Gasteiger partial charge in [0.2, 0.25) is 11.8 Å². The maximum Gasteiger partial charge on any atom is 0.241 e. The first-order chi connectivity index (χ1) is 18.7. The van der Waals surface area contributed by atoms with Gasteiger partial charge in [0, 0.05) is 36.1 Å². The van der Waals surface area contributed by atoms with Gasteiger partial charge in [0.05, 0.1) is 29.0 Å². The highest BCUT2D eigenvalue weighted by molar-refractivity contribution is 6.33. The van der Waals surface area contributed by atoms with Crippen LogP contribution in [0.15, 0.2) is 24.3 Å². The van der Waals surface area contributed by atoms with E-state index >= 15 is 0 Å². The SMILES string of the molecule is CC(C)[C@H](C[C@H](O)[C@@H](N)CN1CC(=O)N(c2ccccc2Cl)CC1(C)C)C(=O)NC12C[C@@H]3C[C@@H](CC(O)(C3)C1)C2. The molecule has 4 saturated carbocycles. The summed E-state index contributed by atoms with van der Waals surface area (Å²) in [6.45, 7) is 9.09. The molecule has 1 aromatic rings. The van der Waals surface area contributed by atoms with Crippen LogP contribution in [-0.2, 0) is 9.59 Å². The summed E-state index contributed by atoms with van der Waals surface area (Å²) in [7, 11) is 0. The number of carbonyl (C=O) groups is 2. The molecular weight excluding hydrogens is 528 g/mol. The van der Waals surface area contributed by atoms with E-state index in [1.807, 2.05) is 36.9 Å². The Morgan fingerprint density at radius 3 is 2.42 bits per heavy atom. The molecule has 8 nitrogen and oxygen atoms in total. The lowest BCUT2D eigenvalue weighted by Crippen LogP contribution is -2.66. The molecule has 5 fully saturated rings. The highest BCUT2D eigenvalue weighted by atomic mass is 35.5. The molecule has 4 bridgehead atoms. The summed E-state index contributed by atoms with van der Waals surface area (Å²) in [6, 6.07) is 6.72. The smallest absolute Gasteiger partial charge is 0.241 e.